The molecule has 1 aromatic heterocycles. The van der Waals surface area contributed by atoms with Crippen LogP contribution in [-0.2, 0) is 0 Å². The number of aromatic nitrogens is 1. The molecule has 5 nitrogen and oxygen atoms in total. The summed E-state index contributed by atoms with van der Waals surface area (Å²) in [6.45, 7) is 5.02. The number of nitrogens with one attached hydrogen (secondary N) is 1. The van der Waals surface area contributed by atoms with Crippen LogP contribution in [0.2, 0.25) is 0 Å². The van der Waals surface area contributed by atoms with Gasteiger partial charge in [-0.15, -0.1) is 0 Å². The van der Waals surface area contributed by atoms with Crippen LogP contribution in [-0.4, -0.2) is 34.9 Å². The van der Waals surface area contributed by atoms with Crippen LogP contribution in [0, 0.1) is 0 Å². The van der Waals surface area contributed by atoms with Crippen LogP contribution >= 0.6 is 0 Å². The Labute approximate surface area is 101 Å². The summed E-state index contributed by atoms with van der Waals surface area (Å²) >= 11 is 0. The quantitative estimate of drug-likeness (QED) is 0.786. The number of amides is 1. The maximum atomic E-state index is 12.2. The molecule has 0 spiro atoms. The Morgan fingerprint density at radius 2 is 2.18 bits per heavy atom. The van der Waals surface area contributed by atoms with E-state index in [0.29, 0.717) is 18.8 Å². The molecule has 0 aliphatic carbocycles. The molecule has 1 amide bonds. The fourth-order valence-electron chi connectivity index (χ4n) is 1.58. The summed E-state index contributed by atoms with van der Waals surface area (Å²) in [5.74, 6) is -0.161. The molecule has 94 valence electrons. The lowest BCUT2D eigenvalue weighted by atomic mass is 10.2. The fraction of sp³-hybridized carbons (Fsp3) is 0.500. The van der Waals surface area contributed by atoms with Gasteiger partial charge in [-0.05, 0) is 32.9 Å². The van der Waals surface area contributed by atoms with E-state index in [1.807, 2.05) is 13.8 Å². The van der Waals surface area contributed by atoms with Crippen LogP contribution in [0.3, 0.4) is 0 Å². The van der Waals surface area contributed by atoms with Gasteiger partial charge in [-0.2, -0.15) is 0 Å². The molecule has 5 heteroatoms. The third-order valence-corrected chi connectivity index (χ3v) is 2.49. The standard InChI is InChI=1S/C12H19N3O2/c1-9(2)15(8-4-7-13)12(17)10-5-3-6-11(16)14-10/h3,5-6,9H,4,7-8,13H2,1-2H3,(H,14,16). The van der Waals surface area contributed by atoms with E-state index < -0.39 is 0 Å². The molecule has 0 unspecified atom stereocenters. The molecule has 0 aliphatic rings. The molecule has 0 bridgehead atoms. The van der Waals surface area contributed by atoms with E-state index in [2.05, 4.69) is 4.98 Å². The number of hydrogen-bond acceptors (Lipinski definition) is 3. The Bertz CT molecular complexity index is 426. The zero-order valence-electron chi connectivity index (χ0n) is 10.3. The van der Waals surface area contributed by atoms with Crippen LogP contribution in [0.25, 0.3) is 0 Å². The molecule has 0 atom stereocenters. The predicted octanol–water partition coefficient (Wildman–Crippen LogP) is 0.574. The molecule has 0 radical (unpaired) electrons. The zero-order valence-corrected chi connectivity index (χ0v) is 10.3. The monoisotopic (exact) mass is 237 g/mol. The minimum Gasteiger partial charge on any atom is -0.335 e. The van der Waals surface area contributed by atoms with Crippen molar-refractivity contribution < 1.29 is 4.79 Å². The average molecular weight is 237 g/mol. The summed E-state index contributed by atoms with van der Waals surface area (Å²) in [5.41, 5.74) is 5.50. The largest absolute Gasteiger partial charge is 0.335 e. The number of pyridine rings is 1. The van der Waals surface area contributed by atoms with Gasteiger partial charge in [0, 0.05) is 18.7 Å². The van der Waals surface area contributed by atoms with Crippen LogP contribution < -0.4 is 11.3 Å². The predicted molar refractivity (Wildman–Crippen MR) is 66.9 cm³/mol. The smallest absolute Gasteiger partial charge is 0.270 e. The second kappa shape index (κ2) is 6.20. The Morgan fingerprint density at radius 3 is 2.71 bits per heavy atom. The molecule has 17 heavy (non-hydrogen) atoms. The number of carbonyl (C=O) groups excluding carboxylic acids is 1. The normalized spacial score (nSPS) is 10.6. The van der Waals surface area contributed by atoms with Crippen LogP contribution in [0.1, 0.15) is 30.8 Å². The minimum atomic E-state index is -0.265. The minimum absolute atomic E-state index is 0.0813. The summed E-state index contributed by atoms with van der Waals surface area (Å²) in [6, 6.07) is 4.66. The van der Waals surface area contributed by atoms with Gasteiger partial charge in [0.2, 0.25) is 5.56 Å². The lowest BCUT2D eigenvalue weighted by Crippen LogP contribution is -2.39. The van der Waals surface area contributed by atoms with Crippen molar-refractivity contribution in [2.75, 3.05) is 13.1 Å². The van der Waals surface area contributed by atoms with Crippen LogP contribution in [0.15, 0.2) is 23.0 Å². The zero-order chi connectivity index (χ0) is 12.8. The van der Waals surface area contributed by atoms with E-state index in [9.17, 15) is 9.59 Å². The third-order valence-electron chi connectivity index (χ3n) is 2.49. The van der Waals surface area contributed by atoms with Crippen molar-refractivity contribution in [3.05, 3.63) is 34.2 Å². The van der Waals surface area contributed by atoms with Gasteiger partial charge in [-0.3, -0.25) is 9.59 Å². The Morgan fingerprint density at radius 1 is 1.47 bits per heavy atom. The molecule has 1 aromatic rings. The first-order chi connectivity index (χ1) is 8.06. The van der Waals surface area contributed by atoms with Crippen molar-refractivity contribution >= 4 is 5.91 Å². The highest BCUT2D eigenvalue weighted by Crippen LogP contribution is 2.05. The number of H-pyrrole nitrogens is 1. The molecule has 0 saturated carbocycles. The SMILES string of the molecule is CC(C)N(CCCN)C(=O)c1cccc(=O)[nH]1. The van der Waals surface area contributed by atoms with Crippen molar-refractivity contribution in [3.63, 3.8) is 0 Å². The lowest BCUT2D eigenvalue weighted by molar-refractivity contribution is 0.0698. The van der Waals surface area contributed by atoms with Crippen molar-refractivity contribution in [1.29, 1.82) is 0 Å². The van der Waals surface area contributed by atoms with Crippen LogP contribution in [0.4, 0.5) is 0 Å². The molecular weight excluding hydrogens is 218 g/mol. The van der Waals surface area contributed by atoms with E-state index in [0.717, 1.165) is 6.42 Å². The fourth-order valence-corrected chi connectivity index (χ4v) is 1.58. The van der Waals surface area contributed by atoms with E-state index >= 15 is 0 Å². The molecule has 1 rings (SSSR count). The van der Waals surface area contributed by atoms with Crippen molar-refractivity contribution in [2.24, 2.45) is 5.73 Å². The first-order valence-electron chi connectivity index (χ1n) is 5.76. The molecule has 0 fully saturated rings. The van der Waals surface area contributed by atoms with Gasteiger partial charge in [0.1, 0.15) is 5.69 Å². The van der Waals surface area contributed by atoms with Gasteiger partial charge in [0.05, 0.1) is 0 Å². The van der Waals surface area contributed by atoms with Gasteiger partial charge < -0.3 is 15.6 Å². The highest BCUT2D eigenvalue weighted by Gasteiger charge is 2.18. The van der Waals surface area contributed by atoms with Gasteiger partial charge in [-0.25, -0.2) is 0 Å². The van der Waals surface area contributed by atoms with Gasteiger partial charge >= 0.3 is 0 Å². The second-order valence-electron chi connectivity index (χ2n) is 4.16. The van der Waals surface area contributed by atoms with Gasteiger partial charge in [-0.1, -0.05) is 6.07 Å². The van der Waals surface area contributed by atoms with E-state index in [1.165, 1.54) is 6.07 Å². The number of carbonyl (C=O) groups is 1. The summed E-state index contributed by atoms with van der Waals surface area (Å²) in [5, 5.41) is 0. The number of rotatable bonds is 5. The average Bonchev–Trinajstić information content (AvgIpc) is 2.29. The molecule has 0 aromatic carbocycles. The van der Waals surface area contributed by atoms with E-state index in [4.69, 9.17) is 5.73 Å². The first-order valence-corrected chi connectivity index (χ1v) is 5.76. The molecule has 3 N–H and O–H groups in total. The van der Waals surface area contributed by atoms with Gasteiger partial charge in [0.25, 0.3) is 5.91 Å². The third kappa shape index (κ3) is 3.71. The highest BCUT2D eigenvalue weighted by molar-refractivity contribution is 5.92. The number of nitrogens with two attached hydrogens (primary N) is 1. The highest BCUT2D eigenvalue weighted by atomic mass is 16.2. The van der Waals surface area contributed by atoms with Crippen LogP contribution in [0.5, 0.6) is 0 Å². The van der Waals surface area contributed by atoms with Crippen molar-refractivity contribution in [2.45, 2.75) is 26.3 Å². The number of hydrogen-bond donors (Lipinski definition) is 2. The maximum absolute atomic E-state index is 12.2. The number of nitrogens with zero attached hydrogens (tertiary/aromatic N) is 1. The maximum Gasteiger partial charge on any atom is 0.270 e. The topological polar surface area (TPSA) is 79.2 Å². The van der Waals surface area contributed by atoms with Gasteiger partial charge in [0.15, 0.2) is 0 Å². The molecule has 0 aliphatic heterocycles. The molecular formula is C12H19N3O2. The Kier molecular flexibility index (Phi) is 4.90. The summed E-state index contributed by atoms with van der Waals surface area (Å²) < 4.78 is 0. The summed E-state index contributed by atoms with van der Waals surface area (Å²) in [7, 11) is 0. The van der Waals surface area contributed by atoms with Crippen molar-refractivity contribution in [3.8, 4) is 0 Å². The Balaban J connectivity index is 2.87. The summed E-state index contributed by atoms with van der Waals surface area (Å²) in [6.07, 6.45) is 0.751. The molecule has 1 heterocycles. The summed E-state index contributed by atoms with van der Waals surface area (Å²) in [4.78, 5) is 27.6. The van der Waals surface area contributed by atoms with E-state index in [-0.39, 0.29) is 17.5 Å². The molecule has 0 saturated heterocycles. The Hall–Kier alpha value is -1.62. The van der Waals surface area contributed by atoms with Crippen molar-refractivity contribution in [1.82, 2.24) is 9.88 Å². The van der Waals surface area contributed by atoms with E-state index in [1.54, 1.807) is 17.0 Å². The lowest BCUT2D eigenvalue weighted by Gasteiger charge is -2.26. The first kappa shape index (κ1) is 13.4. The second-order valence-corrected chi connectivity index (χ2v) is 4.16. The number of aromatic amines is 1.